The molecule has 0 spiro atoms. The van der Waals surface area contributed by atoms with Crippen molar-refractivity contribution in [2.75, 3.05) is 11.0 Å². The van der Waals surface area contributed by atoms with Crippen LogP contribution in [0.1, 0.15) is 30.6 Å². The summed E-state index contributed by atoms with van der Waals surface area (Å²) in [6, 6.07) is 4.50. The van der Waals surface area contributed by atoms with Crippen molar-refractivity contribution in [2.45, 2.75) is 26.3 Å². The molecule has 1 rings (SSSR count). The molecule has 1 aromatic rings. The number of rotatable bonds is 5. The first kappa shape index (κ1) is 15.8. The van der Waals surface area contributed by atoms with Gasteiger partial charge >= 0.3 is 0 Å². The molecule has 7 heteroatoms. The zero-order valence-electron chi connectivity index (χ0n) is 11.0. The highest BCUT2D eigenvalue weighted by Gasteiger charge is 2.12. The summed E-state index contributed by atoms with van der Waals surface area (Å²) in [5.41, 5.74) is 0.553. The van der Waals surface area contributed by atoms with Gasteiger partial charge < -0.3 is 5.32 Å². The van der Waals surface area contributed by atoms with Crippen LogP contribution in [0.25, 0.3) is 0 Å². The maximum atomic E-state index is 11.9. The lowest BCUT2D eigenvalue weighted by atomic mass is 10.1. The Morgan fingerprint density at radius 2 is 2.05 bits per heavy atom. The monoisotopic (exact) mass is 304 g/mol. The summed E-state index contributed by atoms with van der Waals surface area (Å²) in [7, 11) is -3.44. The van der Waals surface area contributed by atoms with E-state index in [1.165, 1.54) is 12.1 Å². The Morgan fingerprint density at radius 1 is 1.42 bits per heavy atom. The third-order valence-corrected chi connectivity index (χ3v) is 3.43. The smallest absolute Gasteiger partial charge is 0.251 e. The van der Waals surface area contributed by atoms with Gasteiger partial charge in [-0.3, -0.25) is 9.52 Å². The molecule has 0 saturated heterocycles. The van der Waals surface area contributed by atoms with Crippen LogP contribution in [-0.2, 0) is 10.0 Å². The molecule has 0 aliphatic carbocycles. The minimum Gasteiger partial charge on any atom is -0.350 e. The van der Waals surface area contributed by atoms with Crippen molar-refractivity contribution in [1.29, 1.82) is 0 Å². The van der Waals surface area contributed by atoms with Gasteiger partial charge in [-0.25, -0.2) is 8.42 Å². The fourth-order valence-electron chi connectivity index (χ4n) is 1.35. The van der Waals surface area contributed by atoms with E-state index in [0.29, 0.717) is 5.56 Å². The number of amides is 1. The summed E-state index contributed by atoms with van der Waals surface area (Å²) in [5, 5.41) is 3.04. The van der Waals surface area contributed by atoms with E-state index >= 15 is 0 Å². The van der Waals surface area contributed by atoms with Crippen molar-refractivity contribution < 1.29 is 13.2 Å². The lowest BCUT2D eigenvalue weighted by molar-refractivity contribution is 0.0939. The minimum absolute atomic E-state index is 0.0505. The number of anilines is 1. The zero-order valence-corrected chi connectivity index (χ0v) is 12.6. The molecule has 1 amide bonds. The van der Waals surface area contributed by atoms with E-state index in [9.17, 15) is 13.2 Å². The van der Waals surface area contributed by atoms with Gasteiger partial charge in [-0.05, 0) is 31.5 Å². The first-order valence-electron chi connectivity index (χ1n) is 5.81. The van der Waals surface area contributed by atoms with Crippen LogP contribution in [0.3, 0.4) is 0 Å². The van der Waals surface area contributed by atoms with Crippen molar-refractivity contribution in [1.82, 2.24) is 5.32 Å². The largest absolute Gasteiger partial charge is 0.350 e. The van der Waals surface area contributed by atoms with Crippen LogP contribution >= 0.6 is 11.6 Å². The second-order valence-electron chi connectivity index (χ2n) is 4.35. The normalized spacial score (nSPS) is 12.8. The molecule has 19 heavy (non-hydrogen) atoms. The van der Waals surface area contributed by atoms with Crippen LogP contribution in [-0.4, -0.2) is 26.6 Å². The van der Waals surface area contributed by atoms with Crippen LogP contribution in [0.4, 0.5) is 5.69 Å². The van der Waals surface area contributed by atoms with Gasteiger partial charge in [-0.15, -0.1) is 0 Å². The van der Waals surface area contributed by atoms with Crippen molar-refractivity contribution in [3.8, 4) is 0 Å². The number of halogens is 1. The van der Waals surface area contributed by atoms with E-state index in [-0.39, 0.29) is 22.7 Å². The van der Waals surface area contributed by atoms with E-state index in [1.54, 1.807) is 6.07 Å². The Balaban J connectivity index is 2.99. The number of hydrogen-bond donors (Lipinski definition) is 2. The Kier molecular flexibility index (Phi) is 5.20. The Morgan fingerprint density at radius 3 is 2.58 bits per heavy atom. The number of nitrogens with one attached hydrogen (secondary N) is 2. The maximum absolute atomic E-state index is 11.9. The quantitative estimate of drug-likeness (QED) is 0.876. The highest BCUT2D eigenvalue weighted by Crippen LogP contribution is 2.23. The summed E-state index contributed by atoms with van der Waals surface area (Å²) in [5.74, 6) is -0.262. The number of carbonyl (C=O) groups is 1. The Bertz CT molecular complexity index is 572. The summed E-state index contributed by atoms with van der Waals surface area (Å²) in [4.78, 5) is 11.9. The van der Waals surface area contributed by atoms with Gasteiger partial charge in [0, 0.05) is 11.6 Å². The molecule has 2 N–H and O–H groups in total. The molecule has 0 heterocycles. The SMILES string of the molecule is CC[C@H](C)NC(=O)c1ccc(Cl)c(NS(C)(=O)=O)c1. The average Bonchev–Trinajstić information content (AvgIpc) is 2.29. The predicted molar refractivity (Wildman–Crippen MR) is 77.1 cm³/mol. The second kappa shape index (κ2) is 6.25. The average molecular weight is 305 g/mol. The number of hydrogen-bond acceptors (Lipinski definition) is 3. The molecule has 1 atom stereocenters. The van der Waals surface area contributed by atoms with E-state index < -0.39 is 10.0 Å². The Hall–Kier alpha value is -1.27. The van der Waals surface area contributed by atoms with Crippen LogP contribution in [0, 0.1) is 0 Å². The third kappa shape index (κ3) is 5.08. The van der Waals surface area contributed by atoms with Crippen molar-refractivity contribution in [3.05, 3.63) is 28.8 Å². The molecule has 0 aromatic heterocycles. The molecule has 0 fully saturated rings. The molecular weight excluding hydrogens is 288 g/mol. The second-order valence-corrected chi connectivity index (χ2v) is 6.51. The number of benzene rings is 1. The van der Waals surface area contributed by atoms with Gasteiger partial charge in [-0.2, -0.15) is 0 Å². The molecule has 0 saturated carbocycles. The van der Waals surface area contributed by atoms with Gasteiger partial charge in [0.2, 0.25) is 10.0 Å². The lowest BCUT2D eigenvalue weighted by Gasteiger charge is -2.13. The molecule has 0 radical (unpaired) electrons. The summed E-state index contributed by atoms with van der Waals surface area (Å²) in [6.45, 7) is 3.85. The lowest BCUT2D eigenvalue weighted by Crippen LogP contribution is -2.31. The standard InChI is InChI=1S/C12H17ClN2O3S/c1-4-8(2)14-12(16)9-5-6-10(13)11(7-9)15-19(3,17)18/h5-8,15H,4H2,1-3H3,(H,14,16)/t8-/m0/s1. The van der Waals surface area contributed by atoms with Gasteiger partial charge in [0.1, 0.15) is 0 Å². The predicted octanol–water partition coefficient (Wildman–Crippen LogP) is 2.24. The van der Waals surface area contributed by atoms with Crippen molar-refractivity contribution in [2.24, 2.45) is 0 Å². The summed E-state index contributed by atoms with van der Waals surface area (Å²) in [6.07, 6.45) is 1.84. The first-order chi connectivity index (χ1) is 8.73. The molecule has 0 aliphatic rings. The molecule has 1 aromatic carbocycles. The van der Waals surface area contributed by atoms with E-state index in [4.69, 9.17) is 11.6 Å². The van der Waals surface area contributed by atoms with Gasteiger partial charge in [-0.1, -0.05) is 18.5 Å². The minimum atomic E-state index is -3.44. The highest BCUT2D eigenvalue weighted by atomic mass is 35.5. The summed E-state index contributed by atoms with van der Waals surface area (Å²) < 4.78 is 24.6. The topological polar surface area (TPSA) is 75.3 Å². The van der Waals surface area contributed by atoms with E-state index in [2.05, 4.69) is 10.0 Å². The van der Waals surface area contributed by atoms with Crippen LogP contribution in [0.2, 0.25) is 5.02 Å². The third-order valence-electron chi connectivity index (χ3n) is 2.51. The maximum Gasteiger partial charge on any atom is 0.251 e. The van der Waals surface area contributed by atoms with E-state index in [1.807, 2.05) is 13.8 Å². The number of sulfonamides is 1. The van der Waals surface area contributed by atoms with E-state index in [0.717, 1.165) is 12.7 Å². The Labute approximate surface area is 118 Å². The van der Waals surface area contributed by atoms with Crippen molar-refractivity contribution >= 4 is 33.2 Å². The van der Waals surface area contributed by atoms with Crippen LogP contribution in [0.5, 0.6) is 0 Å². The van der Waals surface area contributed by atoms with Crippen molar-refractivity contribution in [3.63, 3.8) is 0 Å². The fourth-order valence-corrected chi connectivity index (χ4v) is 2.14. The molecule has 0 aliphatic heterocycles. The van der Waals surface area contributed by atoms with Crippen LogP contribution in [0.15, 0.2) is 18.2 Å². The summed E-state index contributed by atoms with van der Waals surface area (Å²) >= 11 is 5.88. The van der Waals surface area contributed by atoms with Crippen LogP contribution < -0.4 is 10.0 Å². The molecule has 0 bridgehead atoms. The van der Waals surface area contributed by atoms with Gasteiger partial charge in [0.15, 0.2) is 0 Å². The number of carbonyl (C=O) groups excluding carboxylic acids is 1. The molecule has 106 valence electrons. The van der Waals surface area contributed by atoms with Gasteiger partial charge in [0.05, 0.1) is 17.0 Å². The highest BCUT2D eigenvalue weighted by molar-refractivity contribution is 7.92. The molecule has 5 nitrogen and oxygen atoms in total. The van der Waals surface area contributed by atoms with Gasteiger partial charge in [0.25, 0.3) is 5.91 Å². The molecular formula is C12H17ClN2O3S. The molecule has 0 unspecified atom stereocenters. The fraction of sp³-hybridized carbons (Fsp3) is 0.417. The first-order valence-corrected chi connectivity index (χ1v) is 8.08. The zero-order chi connectivity index (χ0) is 14.6.